The number of hydrogen-bond acceptors (Lipinski definition) is 3. The van der Waals surface area contributed by atoms with E-state index in [9.17, 15) is 5.11 Å². The summed E-state index contributed by atoms with van der Waals surface area (Å²) in [5, 5.41) is 9.72. The molecule has 0 saturated carbocycles. The lowest BCUT2D eigenvalue weighted by molar-refractivity contribution is 0.177. The smallest absolute Gasteiger partial charge is 0.136 e. The number of rotatable bonds is 3. The maximum absolute atomic E-state index is 9.72. The van der Waals surface area contributed by atoms with E-state index in [0.29, 0.717) is 5.82 Å². The molecule has 4 N–H and O–H groups in total. The van der Waals surface area contributed by atoms with Gasteiger partial charge in [-0.05, 0) is 49.9 Å². The molecule has 2 aromatic rings. The molecule has 1 heterocycles. The number of hydrogen-bond donors (Lipinski definition) is 3. The highest BCUT2D eigenvalue weighted by molar-refractivity contribution is 5.70. The molecule has 0 aliphatic heterocycles. The highest BCUT2D eigenvalue weighted by Crippen LogP contribution is 2.30. The van der Waals surface area contributed by atoms with Gasteiger partial charge >= 0.3 is 0 Å². The third kappa shape index (κ3) is 2.41. The van der Waals surface area contributed by atoms with Crippen molar-refractivity contribution in [3.05, 3.63) is 40.3 Å². The lowest BCUT2D eigenvalue weighted by Gasteiger charge is -2.14. The zero-order chi connectivity index (χ0) is 14.2. The second-order valence-corrected chi connectivity index (χ2v) is 5.07. The van der Waals surface area contributed by atoms with Gasteiger partial charge in [0.2, 0.25) is 0 Å². The van der Waals surface area contributed by atoms with Crippen LogP contribution in [0.4, 0.5) is 0 Å². The van der Waals surface area contributed by atoms with Gasteiger partial charge in [-0.2, -0.15) is 0 Å². The Morgan fingerprint density at radius 1 is 1.21 bits per heavy atom. The predicted octanol–water partition coefficient (Wildman–Crippen LogP) is 2.30. The molecule has 0 saturated heterocycles. The first-order valence-electron chi connectivity index (χ1n) is 6.46. The summed E-state index contributed by atoms with van der Waals surface area (Å²) < 4.78 is 0. The molecular weight excluding hydrogens is 238 g/mol. The minimum atomic E-state index is -0.736. The summed E-state index contributed by atoms with van der Waals surface area (Å²) in [6, 6.07) is 2.19. The summed E-state index contributed by atoms with van der Waals surface area (Å²) in [5.74, 6) is 0.524. The third-order valence-electron chi connectivity index (χ3n) is 3.77. The zero-order valence-corrected chi connectivity index (χ0v) is 11.9. The second kappa shape index (κ2) is 5.15. The lowest BCUT2D eigenvalue weighted by atomic mass is 9.93. The van der Waals surface area contributed by atoms with E-state index >= 15 is 0 Å². The van der Waals surface area contributed by atoms with Crippen molar-refractivity contribution in [2.75, 3.05) is 6.54 Å². The van der Waals surface area contributed by atoms with Crippen molar-refractivity contribution in [2.24, 2.45) is 5.73 Å². The number of aromatic amines is 1. The van der Waals surface area contributed by atoms with Gasteiger partial charge < -0.3 is 15.8 Å². The van der Waals surface area contributed by atoms with Crippen molar-refractivity contribution in [1.29, 1.82) is 0 Å². The van der Waals surface area contributed by atoms with E-state index in [1.54, 1.807) is 6.20 Å². The lowest BCUT2D eigenvalue weighted by Crippen LogP contribution is -2.12. The normalized spacial score (nSPS) is 12.7. The monoisotopic (exact) mass is 259 g/mol. The fourth-order valence-corrected chi connectivity index (χ4v) is 2.37. The molecule has 1 atom stereocenters. The summed E-state index contributed by atoms with van der Waals surface area (Å²) in [6.45, 7) is 8.60. The van der Waals surface area contributed by atoms with Gasteiger partial charge in [0.15, 0.2) is 0 Å². The molecule has 19 heavy (non-hydrogen) atoms. The number of H-pyrrole nitrogens is 1. The van der Waals surface area contributed by atoms with E-state index in [1.165, 1.54) is 27.8 Å². The fourth-order valence-electron chi connectivity index (χ4n) is 2.37. The largest absolute Gasteiger partial charge is 0.384 e. The number of benzene rings is 1. The summed E-state index contributed by atoms with van der Waals surface area (Å²) in [7, 11) is 0. The van der Waals surface area contributed by atoms with Crippen LogP contribution in [-0.4, -0.2) is 21.6 Å². The molecule has 0 amide bonds. The molecule has 4 nitrogen and oxygen atoms in total. The van der Waals surface area contributed by atoms with Crippen LogP contribution in [0.2, 0.25) is 0 Å². The van der Waals surface area contributed by atoms with Gasteiger partial charge in [-0.15, -0.1) is 0 Å². The number of nitrogens with two attached hydrogens (primary N) is 1. The molecule has 0 spiro atoms. The Bertz CT molecular complexity index is 575. The van der Waals surface area contributed by atoms with E-state index in [4.69, 9.17) is 5.73 Å². The van der Waals surface area contributed by atoms with Crippen molar-refractivity contribution >= 4 is 0 Å². The highest BCUT2D eigenvalue weighted by Gasteiger charge is 2.15. The van der Waals surface area contributed by atoms with Crippen LogP contribution < -0.4 is 5.73 Å². The molecule has 0 bridgehead atoms. The number of nitrogens with zero attached hydrogens (tertiary/aromatic N) is 1. The van der Waals surface area contributed by atoms with Crippen LogP contribution in [-0.2, 0) is 0 Å². The van der Waals surface area contributed by atoms with Gasteiger partial charge in [0.1, 0.15) is 11.9 Å². The van der Waals surface area contributed by atoms with Crippen molar-refractivity contribution in [1.82, 2.24) is 9.97 Å². The maximum Gasteiger partial charge on any atom is 0.136 e. The fraction of sp³-hybridized carbons (Fsp3) is 0.400. The van der Waals surface area contributed by atoms with Gasteiger partial charge in [0.25, 0.3) is 0 Å². The summed E-state index contributed by atoms with van der Waals surface area (Å²) in [4.78, 5) is 7.39. The number of aliphatic hydroxyl groups excluding tert-OH is 1. The molecule has 0 radical (unpaired) electrons. The minimum Gasteiger partial charge on any atom is -0.384 e. The maximum atomic E-state index is 9.72. The molecule has 1 aromatic heterocycles. The Hall–Kier alpha value is -1.65. The van der Waals surface area contributed by atoms with Crippen molar-refractivity contribution in [3.8, 4) is 11.3 Å². The van der Waals surface area contributed by atoms with Gasteiger partial charge in [-0.1, -0.05) is 6.07 Å². The summed E-state index contributed by atoms with van der Waals surface area (Å²) >= 11 is 0. The Kier molecular flexibility index (Phi) is 3.73. The first-order chi connectivity index (χ1) is 8.95. The predicted molar refractivity (Wildman–Crippen MR) is 77.0 cm³/mol. The van der Waals surface area contributed by atoms with Crippen LogP contribution in [0.1, 0.15) is 34.2 Å². The van der Waals surface area contributed by atoms with Crippen LogP contribution in [0, 0.1) is 27.7 Å². The highest BCUT2D eigenvalue weighted by atomic mass is 16.3. The van der Waals surface area contributed by atoms with Crippen molar-refractivity contribution in [2.45, 2.75) is 33.8 Å². The second-order valence-electron chi connectivity index (χ2n) is 5.07. The van der Waals surface area contributed by atoms with E-state index in [0.717, 1.165) is 5.69 Å². The van der Waals surface area contributed by atoms with Crippen LogP contribution in [0.5, 0.6) is 0 Å². The molecule has 2 rings (SSSR count). The molecule has 4 heteroatoms. The molecule has 102 valence electrons. The first kappa shape index (κ1) is 13.8. The van der Waals surface area contributed by atoms with Crippen LogP contribution in [0.15, 0.2) is 12.3 Å². The van der Waals surface area contributed by atoms with E-state index in [1.807, 2.05) is 0 Å². The summed E-state index contributed by atoms with van der Waals surface area (Å²) in [5.41, 5.74) is 12.5. The van der Waals surface area contributed by atoms with Gasteiger partial charge in [-0.3, -0.25) is 0 Å². The standard InChI is InChI=1S/C15H21N3O/c1-8-5-9(2)11(4)14(10(8)3)12-7-17-15(18-12)13(19)6-16/h5,7,13,19H,6,16H2,1-4H3,(H,17,18). The molecule has 0 aliphatic carbocycles. The van der Waals surface area contributed by atoms with E-state index < -0.39 is 6.10 Å². The Morgan fingerprint density at radius 3 is 2.32 bits per heavy atom. The average molecular weight is 259 g/mol. The Balaban J connectivity index is 2.56. The van der Waals surface area contributed by atoms with Crippen LogP contribution in [0.25, 0.3) is 11.3 Å². The molecular formula is C15H21N3O. The minimum absolute atomic E-state index is 0.164. The molecule has 0 fully saturated rings. The van der Waals surface area contributed by atoms with Crippen molar-refractivity contribution in [3.63, 3.8) is 0 Å². The first-order valence-corrected chi connectivity index (χ1v) is 6.46. The Labute approximate surface area is 113 Å². The summed E-state index contributed by atoms with van der Waals surface area (Å²) in [6.07, 6.45) is 1.03. The quantitative estimate of drug-likeness (QED) is 0.791. The van der Waals surface area contributed by atoms with E-state index in [2.05, 4.69) is 43.7 Å². The van der Waals surface area contributed by atoms with Gasteiger partial charge in [-0.25, -0.2) is 4.98 Å². The SMILES string of the molecule is Cc1cc(C)c(C)c(-c2cnc(C(O)CN)[nH]2)c1C. The topological polar surface area (TPSA) is 74.9 Å². The third-order valence-corrected chi connectivity index (χ3v) is 3.77. The van der Waals surface area contributed by atoms with Crippen molar-refractivity contribution < 1.29 is 5.11 Å². The Morgan fingerprint density at radius 2 is 1.79 bits per heavy atom. The number of aryl methyl sites for hydroxylation is 2. The number of aliphatic hydroxyl groups is 1. The average Bonchev–Trinajstić information content (AvgIpc) is 2.85. The molecule has 0 aliphatic rings. The number of imidazole rings is 1. The number of aromatic nitrogens is 2. The molecule has 1 aromatic carbocycles. The number of nitrogens with one attached hydrogen (secondary N) is 1. The van der Waals surface area contributed by atoms with Crippen LogP contribution in [0.3, 0.4) is 0 Å². The van der Waals surface area contributed by atoms with Crippen LogP contribution >= 0.6 is 0 Å². The zero-order valence-electron chi connectivity index (χ0n) is 11.9. The molecule has 1 unspecified atom stereocenters. The van der Waals surface area contributed by atoms with E-state index in [-0.39, 0.29) is 6.54 Å². The van der Waals surface area contributed by atoms with Gasteiger partial charge in [0.05, 0.1) is 11.9 Å². The van der Waals surface area contributed by atoms with Gasteiger partial charge in [0, 0.05) is 12.1 Å².